The van der Waals surface area contributed by atoms with E-state index >= 15 is 0 Å². The van der Waals surface area contributed by atoms with Gasteiger partial charge in [-0.1, -0.05) is 61.7 Å². The normalized spacial score (nSPS) is 17.2. The van der Waals surface area contributed by atoms with Gasteiger partial charge in [-0.25, -0.2) is 4.98 Å². The van der Waals surface area contributed by atoms with Crippen LogP contribution in [0.25, 0.3) is 50.5 Å². The van der Waals surface area contributed by atoms with Gasteiger partial charge in [-0.3, -0.25) is 4.40 Å². The van der Waals surface area contributed by atoms with Crippen LogP contribution in [0.2, 0.25) is 0 Å². The second kappa shape index (κ2) is 7.05. The van der Waals surface area contributed by atoms with Gasteiger partial charge in [-0.05, 0) is 67.9 Å². The average Bonchev–Trinajstić information content (AvgIpc) is 3.31. The summed E-state index contributed by atoms with van der Waals surface area (Å²) in [4.78, 5) is 5.07. The largest absolute Gasteiger partial charge is 0.495 e. The first-order valence-electron chi connectivity index (χ1n) is 11.7. The summed E-state index contributed by atoms with van der Waals surface area (Å²) in [7, 11) is -0.505. The molecule has 0 unspecified atom stereocenters. The first-order chi connectivity index (χ1) is 16.3. The first kappa shape index (κ1) is 21.1. The van der Waals surface area contributed by atoms with Crippen molar-refractivity contribution in [2.75, 3.05) is 0 Å². The van der Waals surface area contributed by atoms with Crippen LogP contribution < -0.4 is 5.46 Å². The van der Waals surface area contributed by atoms with Gasteiger partial charge in [0, 0.05) is 10.8 Å². The zero-order chi connectivity index (χ0) is 23.8. The van der Waals surface area contributed by atoms with E-state index in [0.29, 0.717) is 0 Å². The Labute approximate surface area is 199 Å². The summed E-state index contributed by atoms with van der Waals surface area (Å²) in [6, 6.07) is 18.9. The van der Waals surface area contributed by atoms with Gasteiger partial charge in [0.25, 0.3) is 0 Å². The lowest BCUT2D eigenvalue weighted by Gasteiger charge is -2.32. The number of hydrogen-bond donors (Lipinski definition) is 0. The molecule has 0 bridgehead atoms. The summed E-state index contributed by atoms with van der Waals surface area (Å²) >= 11 is 0. The summed E-state index contributed by atoms with van der Waals surface area (Å²) in [6.45, 7) is 16.6. The van der Waals surface area contributed by atoms with Crippen molar-refractivity contribution in [1.29, 1.82) is 0 Å². The van der Waals surface area contributed by atoms with Gasteiger partial charge in [0.1, 0.15) is 5.65 Å². The SMILES string of the molecule is C=Cc1c(B2OC(C)(C)C(C)(C)O2)cc2c3ccccc3n3c4ccccc4nc3c2c1C=C. The Bertz CT molecular complexity index is 1650. The Morgan fingerprint density at radius 1 is 0.824 bits per heavy atom. The fourth-order valence-electron chi connectivity index (χ4n) is 5.13. The molecule has 34 heavy (non-hydrogen) atoms. The molecule has 1 aliphatic heterocycles. The number of imidazole rings is 1. The van der Waals surface area contributed by atoms with Gasteiger partial charge >= 0.3 is 7.12 Å². The van der Waals surface area contributed by atoms with Crippen molar-refractivity contribution in [1.82, 2.24) is 9.38 Å². The minimum atomic E-state index is -0.505. The van der Waals surface area contributed by atoms with Gasteiger partial charge < -0.3 is 9.31 Å². The predicted molar refractivity (Wildman–Crippen MR) is 144 cm³/mol. The van der Waals surface area contributed by atoms with Crippen molar-refractivity contribution < 1.29 is 9.31 Å². The smallest absolute Gasteiger partial charge is 0.399 e. The third-order valence-electron chi connectivity index (χ3n) is 7.57. The molecular weight excluding hydrogens is 419 g/mol. The third-order valence-corrected chi connectivity index (χ3v) is 7.57. The highest BCUT2D eigenvalue weighted by molar-refractivity contribution is 6.63. The van der Waals surface area contributed by atoms with E-state index in [1.807, 2.05) is 18.2 Å². The van der Waals surface area contributed by atoms with Crippen LogP contribution in [-0.4, -0.2) is 27.7 Å². The van der Waals surface area contributed by atoms with Crippen LogP contribution >= 0.6 is 0 Å². The number of aromatic nitrogens is 2. The summed E-state index contributed by atoms with van der Waals surface area (Å²) in [5, 5.41) is 3.30. The fourth-order valence-corrected chi connectivity index (χ4v) is 5.13. The molecule has 4 nitrogen and oxygen atoms in total. The van der Waals surface area contributed by atoms with Crippen LogP contribution in [0.3, 0.4) is 0 Å². The number of benzene rings is 3. The molecular formula is C29H27BN2O2. The van der Waals surface area contributed by atoms with Crippen molar-refractivity contribution in [3.05, 3.63) is 78.9 Å². The number of para-hydroxylation sites is 3. The Morgan fingerprint density at radius 2 is 1.44 bits per heavy atom. The molecule has 0 aliphatic carbocycles. The monoisotopic (exact) mass is 446 g/mol. The lowest BCUT2D eigenvalue weighted by atomic mass is 9.73. The van der Waals surface area contributed by atoms with E-state index in [1.54, 1.807) is 0 Å². The summed E-state index contributed by atoms with van der Waals surface area (Å²) in [5.74, 6) is 0. The van der Waals surface area contributed by atoms with E-state index in [-0.39, 0.29) is 0 Å². The van der Waals surface area contributed by atoms with Crippen LogP contribution in [-0.2, 0) is 9.31 Å². The molecule has 2 aromatic heterocycles. The number of nitrogens with zero attached hydrogens (tertiary/aromatic N) is 2. The quantitative estimate of drug-likeness (QED) is 0.238. The number of fused-ring (bicyclic) bond motifs is 8. The molecule has 0 amide bonds. The second-order valence-electron chi connectivity index (χ2n) is 9.99. The van der Waals surface area contributed by atoms with E-state index in [2.05, 4.69) is 93.8 Å². The third kappa shape index (κ3) is 2.71. The highest BCUT2D eigenvalue weighted by Gasteiger charge is 2.52. The molecule has 3 aromatic carbocycles. The molecule has 0 radical (unpaired) electrons. The lowest BCUT2D eigenvalue weighted by Crippen LogP contribution is -2.41. The van der Waals surface area contributed by atoms with Crippen molar-refractivity contribution >= 4 is 63.1 Å². The molecule has 1 fully saturated rings. The minimum absolute atomic E-state index is 0.438. The zero-order valence-electron chi connectivity index (χ0n) is 20.1. The second-order valence-corrected chi connectivity index (χ2v) is 9.99. The van der Waals surface area contributed by atoms with Crippen LogP contribution in [0.5, 0.6) is 0 Å². The average molecular weight is 446 g/mol. The van der Waals surface area contributed by atoms with E-state index in [1.165, 1.54) is 0 Å². The van der Waals surface area contributed by atoms with Crippen LogP contribution in [0.4, 0.5) is 0 Å². The Hall–Kier alpha value is -3.41. The van der Waals surface area contributed by atoms with E-state index < -0.39 is 18.3 Å². The summed E-state index contributed by atoms with van der Waals surface area (Å²) in [6.07, 6.45) is 3.79. The Kier molecular flexibility index (Phi) is 4.38. The highest BCUT2D eigenvalue weighted by Crippen LogP contribution is 2.39. The number of pyridine rings is 1. The number of hydrogen-bond acceptors (Lipinski definition) is 3. The maximum absolute atomic E-state index is 6.46. The van der Waals surface area contributed by atoms with Crippen LogP contribution in [0.1, 0.15) is 38.8 Å². The maximum atomic E-state index is 6.46. The standard InChI is InChI=1S/C29H27BN2O2/c1-7-18-19(8-2)26-21(17-22(18)30-33-28(3,4)29(5,6)34-30)20-13-9-11-15-24(20)32-25-16-12-10-14-23(25)31-27(26)32/h7-17H,1-2H2,3-6H3. The minimum Gasteiger partial charge on any atom is -0.399 e. The van der Waals surface area contributed by atoms with Gasteiger partial charge in [-0.2, -0.15) is 0 Å². The maximum Gasteiger partial charge on any atom is 0.495 e. The topological polar surface area (TPSA) is 35.8 Å². The van der Waals surface area contributed by atoms with Gasteiger partial charge in [-0.15, -0.1) is 0 Å². The van der Waals surface area contributed by atoms with Gasteiger partial charge in [0.05, 0.1) is 27.8 Å². The molecule has 3 heterocycles. The molecule has 0 saturated carbocycles. The summed E-state index contributed by atoms with van der Waals surface area (Å²) < 4.78 is 15.2. The number of rotatable bonds is 3. The van der Waals surface area contributed by atoms with Gasteiger partial charge in [0.15, 0.2) is 0 Å². The molecule has 1 aliphatic rings. The predicted octanol–water partition coefficient (Wildman–Crippen LogP) is 6.38. The molecule has 1 saturated heterocycles. The molecule has 168 valence electrons. The summed E-state index contributed by atoms with van der Waals surface area (Å²) in [5.41, 5.74) is 6.10. The van der Waals surface area contributed by atoms with Crippen molar-refractivity contribution in [3.8, 4) is 0 Å². The highest BCUT2D eigenvalue weighted by atomic mass is 16.7. The van der Waals surface area contributed by atoms with Gasteiger partial charge in [0.2, 0.25) is 0 Å². The van der Waals surface area contributed by atoms with Crippen molar-refractivity contribution in [2.24, 2.45) is 0 Å². The van der Waals surface area contributed by atoms with E-state index in [9.17, 15) is 0 Å². The van der Waals surface area contributed by atoms with E-state index in [0.717, 1.165) is 54.9 Å². The molecule has 0 spiro atoms. The molecule has 5 aromatic rings. The zero-order valence-corrected chi connectivity index (χ0v) is 20.1. The van der Waals surface area contributed by atoms with Crippen molar-refractivity contribution in [3.63, 3.8) is 0 Å². The van der Waals surface area contributed by atoms with Crippen LogP contribution in [0.15, 0.2) is 67.8 Å². The Balaban J connectivity index is 1.80. The van der Waals surface area contributed by atoms with Crippen LogP contribution in [0, 0.1) is 0 Å². The van der Waals surface area contributed by atoms with E-state index in [4.69, 9.17) is 14.3 Å². The lowest BCUT2D eigenvalue weighted by molar-refractivity contribution is 0.00578. The Morgan fingerprint density at radius 3 is 2.12 bits per heavy atom. The molecule has 0 atom stereocenters. The first-order valence-corrected chi connectivity index (χ1v) is 11.7. The van der Waals surface area contributed by atoms with Crippen molar-refractivity contribution in [2.45, 2.75) is 38.9 Å². The molecule has 6 rings (SSSR count). The molecule has 5 heteroatoms. The fraction of sp³-hybridized carbons (Fsp3) is 0.207. The molecule has 0 N–H and O–H groups in total.